The molecule has 2 aromatic rings. The maximum absolute atomic E-state index is 9.36. The van der Waals surface area contributed by atoms with Crippen molar-refractivity contribution in [1.82, 2.24) is 4.98 Å². The zero-order valence-corrected chi connectivity index (χ0v) is 10.6. The number of hydrogen-bond donors (Lipinski definition) is 1. The van der Waals surface area contributed by atoms with Crippen LogP contribution in [0.15, 0.2) is 36.5 Å². The molecule has 96 valence electrons. The summed E-state index contributed by atoms with van der Waals surface area (Å²) >= 11 is 0. The lowest BCUT2D eigenvalue weighted by molar-refractivity contribution is 0.318. The summed E-state index contributed by atoms with van der Waals surface area (Å²) in [6, 6.07) is 11.3. The number of nitriles is 1. The number of rotatable bonds is 4. The van der Waals surface area contributed by atoms with E-state index in [1.165, 1.54) is 6.20 Å². The first-order valence-corrected chi connectivity index (χ1v) is 5.97. The number of aromatic hydroxyl groups is 1. The summed E-state index contributed by atoms with van der Waals surface area (Å²) < 4.78 is 5.66. The lowest BCUT2D eigenvalue weighted by Gasteiger charge is -2.08. The highest BCUT2D eigenvalue weighted by Crippen LogP contribution is 2.17. The van der Waals surface area contributed by atoms with E-state index in [1.54, 1.807) is 6.07 Å². The molecule has 0 radical (unpaired) electrons. The first-order valence-electron chi connectivity index (χ1n) is 5.97. The molecule has 0 saturated carbocycles. The third-order valence-corrected chi connectivity index (χ3v) is 2.77. The Balaban J connectivity index is 1.97. The van der Waals surface area contributed by atoms with Crippen molar-refractivity contribution in [2.45, 2.75) is 13.3 Å². The van der Waals surface area contributed by atoms with E-state index in [0.717, 1.165) is 17.0 Å². The third-order valence-electron chi connectivity index (χ3n) is 2.77. The third kappa shape index (κ3) is 3.23. The molecule has 1 N–H and O–H groups in total. The Labute approximate surface area is 111 Å². The number of para-hydroxylation sites is 1. The van der Waals surface area contributed by atoms with E-state index in [4.69, 9.17) is 10.00 Å². The predicted octanol–water partition coefficient (Wildman–Crippen LogP) is 2.59. The van der Waals surface area contributed by atoms with Crippen molar-refractivity contribution < 1.29 is 9.84 Å². The summed E-state index contributed by atoms with van der Waals surface area (Å²) in [6.07, 6.45) is 1.88. The van der Waals surface area contributed by atoms with Gasteiger partial charge in [-0.2, -0.15) is 5.26 Å². The highest BCUT2D eigenvalue weighted by Gasteiger charge is 2.04. The lowest BCUT2D eigenvalue weighted by atomic mass is 10.2. The summed E-state index contributed by atoms with van der Waals surface area (Å²) in [5.74, 6) is 0.757. The number of nitrogens with zero attached hydrogens (tertiary/aromatic N) is 2. The van der Waals surface area contributed by atoms with Crippen molar-refractivity contribution in [2.24, 2.45) is 0 Å². The Kier molecular flexibility index (Phi) is 3.99. The average Bonchev–Trinajstić information content (AvgIpc) is 2.43. The zero-order valence-electron chi connectivity index (χ0n) is 10.6. The quantitative estimate of drug-likeness (QED) is 0.910. The van der Waals surface area contributed by atoms with Crippen molar-refractivity contribution in [3.05, 3.63) is 53.3 Å². The average molecular weight is 254 g/mol. The van der Waals surface area contributed by atoms with Gasteiger partial charge in [-0.1, -0.05) is 18.2 Å². The smallest absolute Gasteiger partial charge is 0.151 e. The van der Waals surface area contributed by atoms with E-state index in [2.05, 4.69) is 4.98 Å². The normalized spacial score (nSPS) is 9.89. The van der Waals surface area contributed by atoms with Crippen LogP contribution in [0, 0.1) is 18.3 Å². The number of benzene rings is 1. The van der Waals surface area contributed by atoms with Crippen LogP contribution in [-0.2, 0) is 6.42 Å². The van der Waals surface area contributed by atoms with Gasteiger partial charge in [-0.15, -0.1) is 0 Å². The van der Waals surface area contributed by atoms with Gasteiger partial charge < -0.3 is 9.84 Å². The molecule has 1 aromatic heterocycles. The fraction of sp³-hybridized carbons (Fsp3) is 0.200. The van der Waals surface area contributed by atoms with E-state index in [9.17, 15) is 5.11 Å². The van der Waals surface area contributed by atoms with Crippen LogP contribution < -0.4 is 4.74 Å². The number of aromatic nitrogens is 1. The Bertz CT molecular complexity index is 618. The molecule has 0 amide bonds. The van der Waals surface area contributed by atoms with Crippen LogP contribution in [0.2, 0.25) is 0 Å². The molecule has 0 atom stereocenters. The van der Waals surface area contributed by atoms with Crippen LogP contribution in [-0.4, -0.2) is 16.7 Å². The summed E-state index contributed by atoms with van der Waals surface area (Å²) in [5, 5.41) is 18.2. The monoisotopic (exact) mass is 254 g/mol. The molecule has 0 aliphatic rings. The van der Waals surface area contributed by atoms with E-state index in [0.29, 0.717) is 13.0 Å². The van der Waals surface area contributed by atoms with E-state index in [-0.39, 0.29) is 11.3 Å². The van der Waals surface area contributed by atoms with Crippen LogP contribution in [0.5, 0.6) is 11.5 Å². The second-order valence-corrected chi connectivity index (χ2v) is 4.17. The summed E-state index contributed by atoms with van der Waals surface area (Å²) in [4.78, 5) is 4.06. The number of pyridine rings is 1. The minimum absolute atomic E-state index is 0.0916. The van der Waals surface area contributed by atoms with Crippen LogP contribution in [0.3, 0.4) is 0 Å². The molecule has 4 heteroatoms. The first kappa shape index (κ1) is 12.9. The molecule has 0 aliphatic heterocycles. The lowest BCUT2D eigenvalue weighted by Crippen LogP contribution is -2.04. The van der Waals surface area contributed by atoms with E-state index in [1.807, 2.05) is 37.3 Å². The molecule has 1 heterocycles. The minimum Gasteiger partial charge on any atom is -0.505 e. The Morgan fingerprint density at radius 3 is 2.89 bits per heavy atom. The Morgan fingerprint density at radius 1 is 1.37 bits per heavy atom. The molecule has 0 fully saturated rings. The molecular weight excluding hydrogens is 240 g/mol. The van der Waals surface area contributed by atoms with Gasteiger partial charge in [-0.25, -0.2) is 0 Å². The van der Waals surface area contributed by atoms with Gasteiger partial charge in [0, 0.05) is 12.1 Å². The second-order valence-electron chi connectivity index (χ2n) is 4.17. The number of hydrogen-bond acceptors (Lipinski definition) is 4. The van der Waals surface area contributed by atoms with Gasteiger partial charge in [-0.05, 0) is 24.6 Å². The molecule has 0 spiro atoms. The van der Waals surface area contributed by atoms with Crippen LogP contribution in [0.25, 0.3) is 0 Å². The summed E-state index contributed by atoms with van der Waals surface area (Å²) in [5.41, 5.74) is 2.04. The van der Waals surface area contributed by atoms with Gasteiger partial charge in [0.15, 0.2) is 5.75 Å². The number of aryl methyl sites for hydroxylation is 1. The fourth-order valence-corrected chi connectivity index (χ4v) is 1.70. The Morgan fingerprint density at radius 2 is 2.16 bits per heavy atom. The largest absolute Gasteiger partial charge is 0.505 e. The minimum atomic E-state index is -0.0916. The van der Waals surface area contributed by atoms with Crippen molar-refractivity contribution in [2.75, 3.05) is 6.61 Å². The maximum atomic E-state index is 9.36. The SMILES string of the molecule is Cc1ccccc1OCCc1cc(C#N)c(O)cn1. The molecule has 0 saturated heterocycles. The topological polar surface area (TPSA) is 66.1 Å². The predicted molar refractivity (Wildman–Crippen MR) is 71.0 cm³/mol. The van der Waals surface area contributed by atoms with Crippen molar-refractivity contribution in [3.8, 4) is 17.6 Å². The molecule has 0 unspecified atom stereocenters. The standard InChI is InChI=1S/C15H14N2O2/c1-11-4-2-3-5-15(11)19-7-6-13-8-12(9-16)14(18)10-17-13/h2-5,8,10,18H,6-7H2,1H3. The Hall–Kier alpha value is -2.54. The second kappa shape index (κ2) is 5.87. The van der Waals surface area contributed by atoms with Gasteiger partial charge in [0.25, 0.3) is 0 Å². The molecular formula is C15H14N2O2. The number of ether oxygens (including phenoxy) is 1. The molecule has 1 aromatic carbocycles. The van der Waals surface area contributed by atoms with Crippen LogP contribution in [0.4, 0.5) is 0 Å². The van der Waals surface area contributed by atoms with Crippen molar-refractivity contribution >= 4 is 0 Å². The van der Waals surface area contributed by atoms with Crippen molar-refractivity contribution in [1.29, 1.82) is 5.26 Å². The molecule has 4 nitrogen and oxygen atoms in total. The van der Waals surface area contributed by atoms with Crippen molar-refractivity contribution in [3.63, 3.8) is 0 Å². The van der Waals surface area contributed by atoms with Gasteiger partial charge >= 0.3 is 0 Å². The summed E-state index contributed by atoms with van der Waals surface area (Å²) in [7, 11) is 0. The van der Waals surface area contributed by atoms with Gasteiger partial charge in [0.2, 0.25) is 0 Å². The maximum Gasteiger partial charge on any atom is 0.151 e. The highest BCUT2D eigenvalue weighted by molar-refractivity contribution is 5.41. The molecule has 19 heavy (non-hydrogen) atoms. The molecule has 0 bridgehead atoms. The highest BCUT2D eigenvalue weighted by atomic mass is 16.5. The van der Waals surface area contributed by atoms with Gasteiger partial charge in [0.05, 0.1) is 18.4 Å². The van der Waals surface area contributed by atoms with E-state index < -0.39 is 0 Å². The van der Waals surface area contributed by atoms with Crippen LogP contribution >= 0.6 is 0 Å². The molecule has 0 aliphatic carbocycles. The van der Waals surface area contributed by atoms with E-state index >= 15 is 0 Å². The van der Waals surface area contributed by atoms with Gasteiger partial charge in [-0.3, -0.25) is 4.98 Å². The first-order chi connectivity index (χ1) is 9.20. The molecule has 2 rings (SSSR count). The summed E-state index contributed by atoms with van der Waals surface area (Å²) in [6.45, 7) is 2.47. The fourth-order valence-electron chi connectivity index (χ4n) is 1.70. The zero-order chi connectivity index (χ0) is 13.7. The van der Waals surface area contributed by atoms with Gasteiger partial charge in [0.1, 0.15) is 11.8 Å². The van der Waals surface area contributed by atoms with Crippen LogP contribution in [0.1, 0.15) is 16.8 Å².